The number of hydrogen-bond donors (Lipinski definition) is 2. The van der Waals surface area contributed by atoms with E-state index in [1.165, 1.54) is 5.56 Å². The van der Waals surface area contributed by atoms with E-state index in [1.807, 2.05) is 42.5 Å². The van der Waals surface area contributed by atoms with Crippen LogP contribution in [-0.4, -0.2) is 24.5 Å². The van der Waals surface area contributed by atoms with Gasteiger partial charge in [-0.05, 0) is 23.6 Å². The Kier molecular flexibility index (Phi) is 4.79. The molecule has 24 heavy (non-hydrogen) atoms. The Bertz CT molecular complexity index is 730. The number of para-hydroxylation sites is 2. The van der Waals surface area contributed by atoms with Gasteiger partial charge in [-0.25, -0.2) is 0 Å². The third kappa shape index (κ3) is 3.74. The summed E-state index contributed by atoms with van der Waals surface area (Å²) in [4.78, 5) is 24.2. The maximum absolute atomic E-state index is 12.1. The van der Waals surface area contributed by atoms with Crippen LogP contribution in [0.3, 0.4) is 0 Å². The maximum Gasteiger partial charge on any atom is 0.266 e. The van der Waals surface area contributed by atoms with Crippen molar-refractivity contribution in [1.29, 1.82) is 0 Å². The molecule has 0 bridgehead atoms. The second kappa shape index (κ2) is 7.17. The third-order valence-corrected chi connectivity index (χ3v) is 4.05. The van der Waals surface area contributed by atoms with Crippen molar-refractivity contribution in [3.63, 3.8) is 0 Å². The molecule has 2 atom stereocenters. The van der Waals surface area contributed by atoms with Gasteiger partial charge in [0.15, 0.2) is 6.10 Å². The molecule has 2 amide bonds. The minimum Gasteiger partial charge on any atom is -0.478 e. The van der Waals surface area contributed by atoms with E-state index in [0.29, 0.717) is 18.0 Å². The number of carbonyl (C=O) groups is 2. The summed E-state index contributed by atoms with van der Waals surface area (Å²) in [6, 6.07) is 17.2. The van der Waals surface area contributed by atoms with Crippen molar-refractivity contribution in [2.45, 2.75) is 25.4 Å². The molecule has 0 spiro atoms. The van der Waals surface area contributed by atoms with Gasteiger partial charge in [0.25, 0.3) is 5.91 Å². The normalized spacial score (nSPS) is 17.2. The van der Waals surface area contributed by atoms with E-state index in [1.54, 1.807) is 12.1 Å². The number of fused-ring (bicyclic) bond motifs is 1. The summed E-state index contributed by atoms with van der Waals surface area (Å²) in [5.41, 5.74) is 1.80. The molecule has 0 saturated carbocycles. The molecule has 0 aliphatic carbocycles. The Balaban J connectivity index is 1.53. The van der Waals surface area contributed by atoms with Crippen molar-refractivity contribution >= 4 is 17.5 Å². The second-order valence-electron chi connectivity index (χ2n) is 5.91. The Morgan fingerprint density at radius 2 is 1.88 bits per heavy atom. The van der Waals surface area contributed by atoms with Gasteiger partial charge in [0.1, 0.15) is 5.75 Å². The van der Waals surface area contributed by atoms with E-state index in [4.69, 9.17) is 4.74 Å². The van der Waals surface area contributed by atoms with Gasteiger partial charge in [-0.2, -0.15) is 0 Å². The molecule has 1 aliphatic heterocycles. The SMILES string of the molecule is C[C@H](CNC(=O)C[C@@H]1Oc2ccccc2NC1=O)c1ccccc1. The average Bonchev–Trinajstić information content (AvgIpc) is 2.61. The van der Waals surface area contributed by atoms with E-state index >= 15 is 0 Å². The van der Waals surface area contributed by atoms with E-state index in [2.05, 4.69) is 17.6 Å². The second-order valence-corrected chi connectivity index (χ2v) is 5.91. The van der Waals surface area contributed by atoms with E-state index in [0.717, 1.165) is 0 Å². The zero-order valence-electron chi connectivity index (χ0n) is 13.5. The van der Waals surface area contributed by atoms with Crippen LogP contribution in [0.4, 0.5) is 5.69 Å². The van der Waals surface area contributed by atoms with Crippen molar-refractivity contribution in [1.82, 2.24) is 5.32 Å². The molecule has 2 aromatic rings. The van der Waals surface area contributed by atoms with Crippen molar-refractivity contribution in [2.24, 2.45) is 0 Å². The quantitative estimate of drug-likeness (QED) is 0.888. The number of hydrogen-bond acceptors (Lipinski definition) is 3. The van der Waals surface area contributed by atoms with Crippen LogP contribution in [0.15, 0.2) is 54.6 Å². The van der Waals surface area contributed by atoms with Crippen LogP contribution in [0, 0.1) is 0 Å². The van der Waals surface area contributed by atoms with Gasteiger partial charge in [0.2, 0.25) is 5.91 Å². The fourth-order valence-electron chi connectivity index (χ4n) is 2.63. The number of nitrogens with one attached hydrogen (secondary N) is 2. The maximum atomic E-state index is 12.1. The highest BCUT2D eigenvalue weighted by Crippen LogP contribution is 2.29. The first-order valence-electron chi connectivity index (χ1n) is 8.01. The molecule has 0 radical (unpaired) electrons. The number of rotatable bonds is 5. The largest absolute Gasteiger partial charge is 0.478 e. The zero-order chi connectivity index (χ0) is 16.9. The Morgan fingerprint density at radius 3 is 2.67 bits per heavy atom. The highest BCUT2D eigenvalue weighted by Gasteiger charge is 2.29. The Morgan fingerprint density at radius 1 is 1.17 bits per heavy atom. The molecule has 3 rings (SSSR count). The lowest BCUT2D eigenvalue weighted by atomic mass is 10.0. The van der Waals surface area contributed by atoms with Crippen molar-refractivity contribution in [3.8, 4) is 5.75 Å². The van der Waals surface area contributed by atoms with Gasteiger partial charge in [0, 0.05) is 6.54 Å². The van der Waals surface area contributed by atoms with Crippen LogP contribution in [0.5, 0.6) is 5.75 Å². The molecule has 5 heteroatoms. The minimum absolute atomic E-state index is 0.00166. The van der Waals surface area contributed by atoms with Gasteiger partial charge in [-0.3, -0.25) is 9.59 Å². The van der Waals surface area contributed by atoms with Crippen molar-refractivity contribution in [3.05, 3.63) is 60.2 Å². The third-order valence-electron chi connectivity index (χ3n) is 4.05. The van der Waals surface area contributed by atoms with Gasteiger partial charge in [0.05, 0.1) is 12.1 Å². The van der Waals surface area contributed by atoms with Gasteiger partial charge in [-0.1, -0.05) is 49.4 Å². The summed E-state index contributed by atoms with van der Waals surface area (Å²) in [5, 5.41) is 5.64. The van der Waals surface area contributed by atoms with Gasteiger partial charge < -0.3 is 15.4 Å². The standard InChI is InChI=1S/C19H20N2O3/c1-13(14-7-3-2-4-8-14)12-20-18(22)11-17-19(23)21-15-9-5-6-10-16(15)24-17/h2-10,13,17H,11-12H2,1H3,(H,20,22)(H,21,23)/t13-,17+/m1/s1. The van der Waals surface area contributed by atoms with Crippen molar-refractivity contribution in [2.75, 3.05) is 11.9 Å². The summed E-state index contributed by atoms with van der Waals surface area (Å²) in [5.74, 6) is 0.307. The lowest BCUT2D eigenvalue weighted by Gasteiger charge is -2.25. The van der Waals surface area contributed by atoms with E-state index in [-0.39, 0.29) is 24.2 Å². The Labute approximate surface area is 141 Å². The number of carbonyl (C=O) groups excluding carboxylic acids is 2. The smallest absolute Gasteiger partial charge is 0.266 e. The van der Waals surface area contributed by atoms with Crippen LogP contribution >= 0.6 is 0 Å². The highest BCUT2D eigenvalue weighted by atomic mass is 16.5. The first-order valence-corrected chi connectivity index (χ1v) is 8.01. The van der Waals surface area contributed by atoms with Crippen molar-refractivity contribution < 1.29 is 14.3 Å². The molecule has 2 N–H and O–H groups in total. The summed E-state index contributed by atoms with van der Waals surface area (Å²) >= 11 is 0. The summed E-state index contributed by atoms with van der Waals surface area (Å²) < 4.78 is 5.63. The molecule has 0 aromatic heterocycles. The number of benzene rings is 2. The average molecular weight is 324 g/mol. The molecule has 1 aliphatic rings. The summed E-state index contributed by atoms with van der Waals surface area (Å²) in [6.07, 6.45) is -0.797. The molecule has 0 saturated heterocycles. The molecule has 0 unspecified atom stereocenters. The van der Waals surface area contributed by atoms with Crippen LogP contribution in [0.1, 0.15) is 24.8 Å². The van der Waals surface area contributed by atoms with Crippen LogP contribution in [0.25, 0.3) is 0 Å². The molecule has 124 valence electrons. The molecule has 2 aromatic carbocycles. The van der Waals surface area contributed by atoms with Crippen LogP contribution < -0.4 is 15.4 Å². The summed E-state index contributed by atoms with van der Waals surface area (Å²) in [6.45, 7) is 2.57. The molecular weight excluding hydrogens is 304 g/mol. The predicted octanol–water partition coefficient (Wildman–Crippen LogP) is 2.70. The lowest BCUT2D eigenvalue weighted by molar-refractivity contribution is -0.130. The number of amides is 2. The molecular formula is C19H20N2O3. The van der Waals surface area contributed by atoms with E-state index in [9.17, 15) is 9.59 Å². The fraction of sp³-hybridized carbons (Fsp3) is 0.263. The summed E-state index contributed by atoms with van der Waals surface area (Å²) in [7, 11) is 0. The first kappa shape index (κ1) is 16.1. The monoisotopic (exact) mass is 324 g/mol. The molecule has 5 nitrogen and oxygen atoms in total. The zero-order valence-corrected chi connectivity index (χ0v) is 13.5. The first-order chi connectivity index (χ1) is 11.6. The highest BCUT2D eigenvalue weighted by molar-refractivity contribution is 5.99. The van der Waals surface area contributed by atoms with Gasteiger partial charge >= 0.3 is 0 Å². The van der Waals surface area contributed by atoms with E-state index < -0.39 is 6.10 Å². The number of ether oxygens (including phenoxy) is 1. The van der Waals surface area contributed by atoms with Crippen LogP contribution in [-0.2, 0) is 9.59 Å². The predicted molar refractivity (Wildman–Crippen MR) is 92.0 cm³/mol. The van der Waals surface area contributed by atoms with Gasteiger partial charge in [-0.15, -0.1) is 0 Å². The number of anilines is 1. The fourth-order valence-corrected chi connectivity index (χ4v) is 2.63. The Hall–Kier alpha value is -2.82. The minimum atomic E-state index is -0.799. The lowest BCUT2D eigenvalue weighted by Crippen LogP contribution is -2.41. The topological polar surface area (TPSA) is 67.4 Å². The molecule has 0 fully saturated rings. The molecule has 1 heterocycles. The van der Waals surface area contributed by atoms with Crippen LogP contribution in [0.2, 0.25) is 0 Å².